The Kier molecular flexibility index (Phi) is 16.3. The fourth-order valence-corrected chi connectivity index (χ4v) is 3.28. The van der Waals surface area contributed by atoms with E-state index in [-0.39, 0.29) is 24.3 Å². The van der Waals surface area contributed by atoms with Gasteiger partial charge in [-0.2, -0.15) is 0 Å². The Balaban J connectivity index is 1.92. The molecule has 1 rings (SSSR count). The Bertz CT molecular complexity index is 732. The van der Waals surface area contributed by atoms with Crippen molar-refractivity contribution in [2.24, 2.45) is 0 Å². The quantitative estimate of drug-likeness (QED) is 0.153. The van der Waals surface area contributed by atoms with Crippen molar-refractivity contribution in [1.82, 2.24) is 0 Å². The van der Waals surface area contributed by atoms with Gasteiger partial charge in [-0.05, 0) is 36.6 Å². The Morgan fingerprint density at radius 3 is 2.18 bits per heavy atom. The van der Waals surface area contributed by atoms with Crippen LogP contribution in [0.3, 0.4) is 0 Å². The average molecular weight is 481 g/mol. The molecule has 34 heavy (non-hydrogen) atoms. The molecule has 0 saturated carbocycles. The fourth-order valence-electron chi connectivity index (χ4n) is 3.28. The van der Waals surface area contributed by atoms with Crippen molar-refractivity contribution < 1.29 is 39.1 Å². The summed E-state index contributed by atoms with van der Waals surface area (Å²) in [6, 6.07) is 4.84. The summed E-state index contributed by atoms with van der Waals surface area (Å²) < 4.78 is 15.1. The number of carbonyl (C=O) groups excluding carboxylic acids is 2. The van der Waals surface area contributed by atoms with E-state index in [4.69, 9.17) is 24.4 Å². The predicted octanol–water partition coefficient (Wildman–Crippen LogP) is 4.14. The average Bonchev–Trinajstić information content (AvgIpc) is 2.84. The molecular weight excluding hydrogens is 440 g/mol. The van der Waals surface area contributed by atoms with Gasteiger partial charge in [0.05, 0.1) is 20.3 Å². The Hall–Kier alpha value is -2.58. The lowest BCUT2D eigenvalue weighted by Crippen LogP contribution is -2.21. The first-order chi connectivity index (χ1) is 16.5. The minimum Gasteiger partial charge on any atom is -0.504 e. The lowest BCUT2D eigenvalue weighted by atomic mass is 10.1. The first kappa shape index (κ1) is 29.5. The molecule has 192 valence electrons. The van der Waals surface area contributed by atoms with Gasteiger partial charge >= 0.3 is 11.9 Å². The van der Waals surface area contributed by atoms with Crippen LogP contribution in [0.15, 0.2) is 24.3 Å². The van der Waals surface area contributed by atoms with Crippen LogP contribution in [0.5, 0.6) is 11.5 Å². The summed E-state index contributed by atoms with van der Waals surface area (Å²) in [5, 5.41) is 27.4. The zero-order chi connectivity index (χ0) is 25.0. The van der Waals surface area contributed by atoms with Gasteiger partial charge < -0.3 is 29.5 Å². The summed E-state index contributed by atoms with van der Waals surface area (Å²) in [5.41, 5.74) is 0.740. The minimum absolute atomic E-state index is 0.0513. The second kappa shape index (κ2) is 18.8. The summed E-state index contributed by atoms with van der Waals surface area (Å²) in [5.74, 6) is -0.309. The molecule has 1 aromatic carbocycles. The second-order valence-corrected chi connectivity index (χ2v) is 8.24. The number of phenols is 1. The van der Waals surface area contributed by atoms with Crippen molar-refractivity contribution in [2.75, 3.05) is 26.9 Å². The standard InChI is InChI=1S/C26H40O8/c1-32-24-18-21(13-15-23(24)29)14-16-26(31)33-17-11-9-7-5-3-2-4-6-8-10-12-25(30)34-20-22(28)19-27/h13-16,18,22,27-29H,2-12,17,19-20H2,1H3/b16-14+/t22-/m1/s1. The van der Waals surface area contributed by atoms with Gasteiger partial charge in [0, 0.05) is 12.5 Å². The number of esters is 2. The van der Waals surface area contributed by atoms with Gasteiger partial charge in [-0.1, -0.05) is 57.4 Å². The van der Waals surface area contributed by atoms with Crippen LogP contribution in [0.2, 0.25) is 0 Å². The van der Waals surface area contributed by atoms with Crippen LogP contribution in [0.1, 0.15) is 76.2 Å². The highest BCUT2D eigenvalue weighted by Gasteiger charge is 2.07. The summed E-state index contributed by atoms with van der Waals surface area (Å²) in [4.78, 5) is 23.2. The summed E-state index contributed by atoms with van der Waals surface area (Å²) in [6.07, 6.45) is 12.9. The molecule has 0 radical (unpaired) electrons. The molecule has 0 fully saturated rings. The predicted molar refractivity (Wildman–Crippen MR) is 129 cm³/mol. The van der Waals surface area contributed by atoms with Gasteiger partial charge in [-0.15, -0.1) is 0 Å². The number of hydrogen-bond acceptors (Lipinski definition) is 8. The van der Waals surface area contributed by atoms with Crippen LogP contribution in [0, 0.1) is 0 Å². The van der Waals surface area contributed by atoms with Crippen LogP contribution in [-0.4, -0.2) is 60.3 Å². The smallest absolute Gasteiger partial charge is 0.330 e. The fraction of sp³-hybridized carbons (Fsp3) is 0.615. The van der Waals surface area contributed by atoms with Crippen molar-refractivity contribution >= 4 is 18.0 Å². The van der Waals surface area contributed by atoms with Gasteiger partial charge in [0.2, 0.25) is 0 Å². The molecule has 0 aromatic heterocycles. The molecule has 0 heterocycles. The van der Waals surface area contributed by atoms with Crippen LogP contribution in [-0.2, 0) is 19.1 Å². The summed E-state index contributed by atoms with van der Waals surface area (Å²) in [7, 11) is 1.47. The number of benzene rings is 1. The Morgan fingerprint density at radius 2 is 1.56 bits per heavy atom. The molecule has 0 unspecified atom stereocenters. The molecule has 1 aromatic rings. The van der Waals surface area contributed by atoms with Crippen molar-refractivity contribution in [1.29, 1.82) is 0 Å². The molecule has 0 saturated heterocycles. The zero-order valence-corrected chi connectivity index (χ0v) is 20.2. The molecule has 0 aliphatic carbocycles. The number of hydrogen-bond donors (Lipinski definition) is 3. The van der Waals surface area contributed by atoms with E-state index >= 15 is 0 Å². The van der Waals surface area contributed by atoms with Crippen molar-refractivity contribution in [3.05, 3.63) is 29.8 Å². The third-order valence-corrected chi connectivity index (χ3v) is 5.28. The maximum atomic E-state index is 11.8. The van der Waals surface area contributed by atoms with E-state index in [1.807, 2.05) is 0 Å². The number of methoxy groups -OCH3 is 1. The molecule has 0 aliphatic heterocycles. The first-order valence-corrected chi connectivity index (χ1v) is 12.1. The van der Waals surface area contributed by atoms with Gasteiger partial charge in [-0.25, -0.2) is 4.79 Å². The number of ether oxygens (including phenoxy) is 3. The Morgan fingerprint density at radius 1 is 0.941 bits per heavy atom. The third kappa shape index (κ3) is 14.5. The lowest BCUT2D eigenvalue weighted by Gasteiger charge is -2.08. The van der Waals surface area contributed by atoms with Crippen LogP contribution >= 0.6 is 0 Å². The van der Waals surface area contributed by atoms with Crippen LogP contribution in [0.4, 0.5) is 0 Å². The van der Waals surface area contributed by atoms with Gasteiger partial charge in [0.25, 0.3) is 0 Å². The SMILES string of the molecule is COc1cc(/C=C/C(=O)OCCCCCCCCCCCCC(=O)OC[C@H](O)CO)ccc1O. The first-order valence-electron chi connectivity index (χ1n) is 12.1. The van der Waals surface area contributed by atoms with E-state index in [2.05, 4.69) is 0 Å². The zero-order valence-electron chi connectivity index (χ0n) is 20.2. The van der Waals surface area contributed by atoms with Gasteiger partial charge in [0.15, 0.2) is 11.5 Å². The molecule has 0 bridgehead atoms. The maximum absolute atomic E-state index is 11.8. The number of carbonyl (C=O) groups is 2. The van der Waals surface area contributed by atoms with E-state index in [1.54, 1.807) is 18.2 Å². The number of aliphatic hydroxyl groups is 2. The number of rotatable bonds is 19. The number of aliphatic hydroxyl groups excluding tert-OH is 2. The number of aromatic hydroxyl groups is 1. The Labute approximate surface area is 202 Å². The van der Waals surface area contributed by atoms with E-state index in [1.165, 1.54) is 32.1 Å². The molecule has 1 atom stereocenters. The summed E-state index contributed by atoms with van der Waals surface area (Å²) in [6.45, 7) is -0.146. The third-order valence-electron chi connectivity index (χ3n) is 5.28. The van der Waals surface area contributed by atoms with Gasteiger partial charge in [0.1, 0.15) is 12.7 Å². The molecule has 0 spiro atoms. The maximum Gasteiger partial charge on any atom is 0.330 e. The lowest BCUT2D eigenvalue weighted by molar-refractivity contribution is -0.147. The normalized spacial score (nSPS) is 12.0. The highest BCUT2D eigenvalue weighted by atomic mass is 16.5. The molecule has 3 N–H and O–H groups in total. The molecule has 0 aliphatic rings. The van der Waals surface area contributed by atoms with Crippen LogP contribution < -0.4 is 4.74 Å². The van der Waals surface area contributed by atoms with E-state index in [9.17, 15) is 14.7 Å². The molecule has 8 nitrogen and oxygen atoms in total. The van der Waals surface area contributed by atoms with Crippen molar-refractivity contribution in [3.63, 3.8) is 0 Å². The topological polar surface area (TPSA) is 123 Å². The number of unbranched alkanes of at least 4 members (excludes halogenated alkanes) is 9. The van der Waals surface area contributed by atoms with E-state index in [0.29, 0.717) is 18.8 Å². The molecule has 0 amide bonds. The highest BCUT2D eigenvalue weighted by Crippen LogP contribution is 2.26. The molecule has 8 heteroatoms. The number of phenolic OH excluding ortho intramolecular Hbond substituents is 1. The monoisotopic (exact) mass is 480 g/mol. The largest absolute Gasteiger partial charge is 0.504 e. The van der Waals surface area contributed by atoms with E-state index in [0.717, 1.165) is 56.9 Å². The van der Waals surface area contributed by atoms with E-state index < -0.39 is 12.7 Å². The van der Waals surface area contributed by atoms with Gasteiger partial charge in [-0.3, -0.25) is 4.79 Å². The molecular formula is C26H40O8. The highest BCUT2D eigenvalue weighted by molar-refractivity contribution is 5.87. The van der Waals surface area contributed by atoms with Crippen LogP contribution in [0.25, 0.3) is 6.08 Å². The summed E-state index contributed by atoms with van der Waals surface area (Å²) >= 11 is 0. The van der Waals surface area contributed by atoms with Crippen molar-refractivity contribution in [2.45, 2.75) is 76.7 Å². The van der Waals surface area contributed by atoms with Crippen molar-refractivity contribution in [3.8, 4) is 11.5 Å². The second-order valence-electron chi connectivity index (χ2n) is 8.24. The minimum atomic E-state index is -0.996.